The van der Waals surface area contributed by atoms with Crippen LogP contribution in [0.2, 0.25) is 5.02 Å². The van der Waals surface area contributed by atoms with Gasteiger partial charge in [0.2, 0.25) is 5.91 Å². The third-order valence-electron chi connectivity index (χ3n) is 7.65. The Morgan fingerprint density at radius 2 is 1.78 bits per heavy atom. The molecule has 2 aliphatic heterocycles. The number of halogens is 1. The highest BCUT2D eigenvalue weighted by Crippen LogP contribution is 2.57. The lowest BCUT2D eigenvalue weighted by Crippen LogP contribution is -2.60. The first-order chi connectivity index (χ1) is 12.9. The fourth-order valence-electron chi connectivity index (χ4n) is 5.86. The average molecular weight is 386 g/mol. The maximum Gasteiger partial charge on any atom is 0.321 e. The third kappa shape index (κ3) is 2.18. The Bertz CT molecular complexity index is 842. The minimum Gasteiger partial charge on any atom is -0.369 e. The summed E-state index contributed by atoms with van der Waals surface area (Å²) in [5, 5.41) is 0.688. The minimum atomic E-state index is -0.438. The van der Waals surface area contributed by atoms with Crippen molar-refractivity contribution in [2.75, 3.05) is 13.1 Å². The monoisotopic (exact) mass is 385 g/mol. The molecular weight excluding hydrogens is 362 g/mol. The van der Waals surface area contributed by atoms with Crippen LogP contribution in [-0.4, -0.2) is 40.4 Å². The van der Waals surface area contributed by atoms with Crippen LogP contribution in [-0.2, 0) is 10.3 Å². The number of urea groups is 1. The molecule has 6 heteroatoms. The molecule has 1 saturated heterocycles. The Kier molecular flexibility index (Phi) is 3.49. The summed E-state index contributed by atoms with van der Waals surface area (Å²) in [6.45, 7) is 1.27. The molecule has 4 fully saturated rings. The van der Waals surface area contributed by atoms with Gasteiger partial charge in [-0.05, 0) is 56.2 Å². The number of nitrogens with two attached hydrogens (primary N) is 1. The summed E-state index contributed by atoms with van der Waals surface area (Å²) in [5.41, 5.74) is 5.84. The maximum atomic E-state index is 13.4. The standard InChI is InChI=1S/C21H24ClN3O2/c22-16-4-1-3-15(13-16)21-5-2-12-24(21)18(27)25(14-21)20-9-6-19(7-10-20,8-11-20)17(23)26/h1-5,13H,6-12,14H2,(H2,23,26)/t19?,20?,21-/m1/s1. The molecule has 5 aliphatic rings. The Hall–Kier alpha value is -2.01. The predicted octanol–water partition coefficient (Wildman–Crippen LogP) is 3.42. The Balaban J connectivity index is 1.49. The summed E-state index contributed by atoms with van der Waals surface area (Å²) >= 11 is 6.25. The van der Waals surface area contributed by atoms with Crippen molar-refractivity contribution in [2.24, 2.45) is 11.1 Å². The fraction of sp³-hybridized carbons (Fsp3) is 0.524. The average Bonchev–Trinajstić information content (AvgIpc) is 3.23. The minimum absolute atomic E-state index is 0.105. The number of carbonyl (C=O) groups is 2. The lowest BCUT2D eigenvalue weighted by molar-refractivity contribution is -0.137. The van der Waals surface area contributed by atoms with Crippen LogP contribution in [0.1, 0.15) is 44.1 Å². The molecule has 1 atom stereocenters. The largest absolute Gasteiger partial charge is 0.369 e. The van der Waals surface area contributed by atoms with Gasteiger partial charge in [-0.1, -0.05) is 35.9 Å². The topological polar surface area (TPSA) is 66.6 Å². The first kappa shape index (κ1) is 17.1. The molecule has 27 heavy (non-hydrogen) atoms. The van der Waals surface area contributed by atoms with Crippen molar-refractivity contribution in [1.29, 1.82) is 0 Å². The van der Waals surface area contributed by atoms with Crippen LogP contribution in [0.3, 0.4) is 0 Å². The zero-order chi connectivity index (χ0) is 18.9. The third-order valence-corrected chi connectivity index (χ3v) is 7.89. The fourth-order valence-corrected chi connectivity index (χ4v) is 6.05. The lowest BCUT2D eigenvalue weighted by Gasteiger charge is -2.55. The highest BCUT2D eigenvalue weighted by molar-refractivity contribution is 6.30. The summed E-state index contributed by atoms with van der Waals surface area (Å²) in [6.07, 6.45) is 9.23. The van der Waals surface area contributed by atoms with Crippen molar-refractivity contribution < 1.29 is 9.59 Å². The van der Waals surface area contributed by atoms with E-state index >= 15 is 0 Å². The second-order valence-electron chi connectivity index (χ2n) is 8.69. The van der Waals surface area contributed by atoms with Crippen molar-refractivity contribution in [2.45, 2.75) is 49.6 Å². The van der Waals surface area contributed by atoms with Gasteiger partial charge in [0.15, 0.2) is 0 Å². The van der Waals surface area contributed by atoms with Gasteiger partial charge in [0.05, 0.1) is 6.54 Å². The SMILES string of the molecule is NC(=O)C12CCC(N3C[C@@]4(c5cccc(Cl)c5)C=CCN4C3=O)(CC1)CC2. The number of rotatable bonds is 3. The number of nitrogens with zero attached hydrogens (tertiary/aromatic N) is 2. The second kappa shape index (κ2) is 5.51. The van der Waals surface area contributed by atoms with E-state index in [2.05, 4.69) is 23.1 Å². The van der Waals surface area contributed by atoms with Crippen LogP contribution in [0.25, 0.3) is 0 Å². The number of fused-ring (bicyclic) bond motifs is 4. The molecule has 0 aromatic heterocycles. The molecule has 6 rings (SSSR count). The molecule has 2 N–H and O–H groups in total. The van der Waals surface area contributed by atoms with E-state index in [4.69, 9.17) is 17.3 Å². The van der Waals surface area contributed by atoms with Crippen molar-refractivity contribution in [3.05, 3.63) is 47.0 Å². The molecular formula is C21H24ClN3O2. The highest BCUT2D eigenvalue weighted by Gasteiger charge is 2.61. The van der Waals surface area contributed by atoms with Gasteiger partial charge in [0.25, 0.3) is 0 Å². The van der Waals surface area contributed by atoms with Crippen LogP contribution in [0.5, 0.6) is 0 Å². The van der Waals surface area contributed by atoms with Crippen molar-refractivity contribution >= 4 is 23.5 Å². The summed E-state index contributed by atoms with van der Waals surface area (Å²) in [7, 11) is 0. The number of benzene rings is 1. The normalized spacial score (nSPS) is 37.1. The summed E-state index contributed by atoms with van der Waals surface area (Å²) in [5.74, 6) is -0.164. The predicted molar refractivity (Wildman–Crippen MR) is 103 cm³/mol. The van der Waals surface area contributed by atoms with E-state index in [1.807, 2.05) is 23.1 Å². The van der Waals surface area contributed by atoms with Gasteiger partial charge in [0.1, 0.15) is 5.54 Å². The maximum absolute atomic E-state index is 13.4. The lowest BCUT2D eigenvalue weighted by atomic mass is 9.56. The second-order valence-corrected chi connectivity index (χ2v) is 9.12. The van der Waals surface area contributed by atoms with Crippen LogP contribution < -0.4 is 5.73 Å². The Labute approximate surface area is 164 Å². The first-order valence-corrected chi connectivity index (χ1v) is 10.1. The van der Waals surface area contributed by atoms with E-state index in [1.165, 1.54) is 0 Å². The van der Waals surface area contributed by atoms with Gasteiger partial charge in [-0.3, -0.25) is 4.79 Å². The molecule has 0 unspecified atom stereocenters. The summed E-state index contributed by atoms with van der Waals surface area (Å²) in [6, 6.07) is 7.95. The van der Waals surface area contributed by atoms with Crippen LogP contribution in [0.4, 0.5) is 4.79 Å². The first-order valence-electron chi connectivity index (χ1n) is 9.74. The Morgan fingerprint density at radius 1 is 1.07 bits per heavy atom. The van der Waals surface area contributed by atoms with Gasteiger partial charge >= 0.3 is 6.03 Å². The molecule has 3 aliphatic carbocycles. The number of hydrogen-bond donors (Lipinski definition) is 1. The number of carbonyl (C=O) groups excluding carboxylic acids is 2. The van der Waals surface area contributed by atoms with Gasteiger partial charge in [-0.15, -0.1) is 0 Å². The quantitative estimate of drug-likeness (QED) is 0.810. The van der Waals surface area contributed by atoms with E-state index < -0.39 is 5.54 Å². The number of primary amides is 1. The van der Waals surface area contributed by atoms with Gasteiger partial charge in [-0.2, -0.15) is 0 Å². The van der Waals surface area contributed by atoms with Crippen molar-refractivity contribution in [3.63, 3.8) is 0 Å². The molecule has 1 aromatic rings. The number of amides is 3. The van der Waals surface area contributed by atoms with E-state index in [-0.39, 0.29) is 22.9 Å². The summed E-state index contributed by atoms with van der Waals surface area (Å²) < 4.78 is 0. The van der Waals surface area contributed by atoms with E-state index in [9.17, 15) is 9.59 Å². The molecule has 2 bridgehead atoms. The van der Waals surface area contributed by atoms with Gasteiger partial charge in [-0.25, -0.2) is 4.79 Å². The van der Waals surface area contributed by atoms with Crippen LogP contribution in [0.15, 0.2) is 36.4 Å². The van der Waals surface area contributed by atoms with E-state index in [0.29, 0.717) is 18.1 Å². The molecule has 1 aromatic carbocycles. The van der Waals surface area contributed by atoms with Crippen LogP contribution in [0, 0.1) is 5.41 Å². The zero-order valence-electron chi connectivity index (χ0n) is 15.3. The van der Waals surface area contributed by atoms with E-state index in [1.54, 1.807) is 0 Å². The highest BCUT2D eigenvalue weighted by atomic mass is 35.5. The number of hydrogen-bond acceptors (Lipinski definition) is 2. The summed E-state index contributed by atoms with van der Waals surface area (Å²) in [4.78, 5) is 29.5. The van der Waals surface area contributed by atoms with Crippen molar-refractivity contribution in [3.8, 4) is 0 Å². The van der Waals surface area contributed by atoms with Crippen molar-refractivity contribution in [1.82, 2.24) is 9.80 Å². The van der Waals surface area contributed by atoms with Gasteiger partial charge in [0, 0.05) is 22.5 Å². The molecule has 3 saturated carbocycles. The molecule has 2 heterocycles. The zero-order valence-corrected chi connectivity index (χ0v) is 16.0. The van der Waals surface area contributed by atoms with E-state index in [0.717, 1.165) is 44.1 Å². The molecule has 3 amide bonds. The smallest absolute Gasteiger partial charge is 0.321 e. The van der Waals surface area contributed by atoms with Crippen LogP contribution >= 0.6 is 11.6 Å². The van der Waals surface area contributed by atoms with Gasteiger partial charge < -0.3 is 15.5 Å². The molecule has 0 radical (unpaired) electrons. The molecule has 5 nitrogen and oxygen atoms in total. The molecule has 142 valence electrons. The Morgan fingerprint density at radius 3 is 2.41 bits per heavy atom. The molecule has 0 spiro atoms.